The van der Waals surface area contributed by atoms with Gasteiger partial charge in [-0.25, -0.2) is 9.37 Å². The van der Waals surface area contributed by atoms with Crippen molar-refractivity contribution in [2.24, 2.45) is 0 Å². The van der Waals surface area contributed by atoms with Gasteiger partial charge in [-0.05, 0) is 44.9 Å². The van der Waals surface area contributed by atoms with Gasteiger partial charge in [-0.3, -0.25) is 9.36 Å². The predicted octanol–water partition coefficient (Wildman–Crippen LogP) is 4.00. The summed E-state index contributed by atoms with van der Waals surface area (Å²) in [5, 5.41) is 6.91. The Morgan fingerprint density at radius 3 is 2.91 bits per heavy atom. The average molecular weight is 451 g/mol. The van der Waals surface area contributed by atoms with E-state index < -0.39 is 12.0 Å². The van der Waals surface area contributed by atoms with Gasteiger partial charge in [0, 0.05) is 17.5 Å². The van der Waals surface area contributed by atoms with Gasteiger partial charge in [-0.2, -0.15) is 4.98 Å². The number of carbonyl (C=O) groups excluding carboxylic acids is 1. The van der Waals surface area contributed by atoms with Crippen LogP contribution in [-0.4, -0.2) is 43.7 Å². The van der Waals surface area contributed by atoms with Crippen molar-refractivity contribution in [3.8, 4) is 11.4 Å². The normalized spacial score (nSPS) is 26.7. The van der Waals surface area contributed by atoms with Crippen LogP contribution in [0.5, 0.6) is 0 Å². The van der Waals surface area contributed by atoms with Crippen LogP contribution in [0.2, 0.25) is 0 Å². The first-order valence-corrected chi connectivity index (χ1v) is 10.8. The van der Waals surface area contributed by atoms with E-state index in [0.29, 0.717) is 40.9 Å². The van der Waals surface area contributed by atoms with E-state index in [9.17, 15) is 9.18 Å². The topological polar surface area (TPSA) is 104 Å². The van der Waals surface area contributed by atoms with Gasteiger partial charge in [0.25, 0.3) is 5.91 Å². The van der Waals surface area contributed by atoms with Crippen LogP contribution in [0.1, 0.15) is 60.1 Å². The van der Waals surface area contributed by atoms with Gasteiger partial charge < -0.3 is 19.3 Å². The molecule has 1 aliphatic carbocycles. The van der Waals surface area contributed by atoms with E-state index in [4.69, 9.17) is 14.0 Å². The van der Waals surface area contributed by atoms with Crippen molar-refractivity contribution in [1.29, 1.82) is 0 Å². The SMILES string of the molecule is Cc1ccc(-c2noc([C@H]3C[C@@H]3F)n2)cc1NC(=O)c1cnc2n1C=C[C@H]1OC(C)(C)O[C@@H]21. The molecule has 2 aliphatic heterocycles. The summed E-state index contributed by atoms with van der Waals surface area (Å²) in [4.78, 5) is 21.9. The van der Waals surface area contributed by atoms with E-state index in [-0.39, 0.29) is 24.0 Å². The number of anilines is 1. The maximum Gasteiger partial charge on any atom is 0.274 e. The molecule has 3 aliphatic rings. The molecule has 0 spiro atoms. The molecule has 0 bridgehead atoms. The van der Waals surface area contributed by atoms with Gasteiger partial charge >= 0.3 is 0 Å². The van der Waals surface area contributed by atoms with Crippen LogP contribution in [0.15, 0.2) is 35.0 Å². The molecule has 1 amide bonds. The van der Waals surface area contributed by atoms with Crippen LogP contribution in [0.4, 0.5) is 10.1 Å². The zero-order valence-corrected chi connectivity index (χ0v) is 18.3. The van der Waals surface area contributed by atoms with E-state index in [1.807, 2.05) is 39.0 Å². The molecule has 4 heterocycles. The second-order valence-electron chi connectivity index (χ2n) is 9.03. The maximum absolute atomic E-state index is 13.3. The summed E-state index contributed by atoms with van der Waals surface area (Å²) in [6.45, 7) is 5.59. The Morgan fingerprint density at radius 2 is 2.12 bits per heavy atom. The fourth-order valence-electron chi connectivity index (χ4n) is 4.22. The molecule has 1 saturated heterocycles. The third-order valence-corrected chi connectivity index (χ3v) is 6.08. The van der Waals surface area contributed by atoms with E-state index in [2.05, 4.69) is 20.4 Å². The number of nitrogens with zero attached hydrogens (tertiary/aromatic N) is 4. The standard InChI is InChI=1S/C23H22FN5O4/c1-11-4-5-12(19-27-22(33-28-19)13-9-14(13)24)8-15(11)26-21(30)16-10-25-20-18-17(6-7-29(16)20)31-23(2,3)32-18/h4-8,10,13-14,17-18H,9H2,1-3H3,(H,26,30)/t13-,14-,17+,18+/m0/s1. The number of amides is 1. The van der Waals surface area contributed by atoms with Crippen molar-refractivity contribution >= 4 is 17.8 Å². The monoisotopic (exact) mass is 451 g/mol. The lowest BCUT2D eigenvalue weighted by molar-refractivity contribution is -0.144. The Hall–Kier alpha value is -3.37. The summed E-state index contributed by atoms with van der Waals surface area (Å²) < 4.78 is 32.1. The first-order valence-electron chi connectivity index (χ1n) is 10.8. The zero-order valence-electron chi connectivity index (χ0n) is 18.3. The number of halogens is 1. The van der Waals surface area contributed by atoms with Crippen molar-refractivity contribution < 1.29 is 23.2 Å². The fourth-order valence-corrected chi connectivity index (χ4v) is 4.22. The predicted molar refractivity (Wildman–Crippen MR) is 115 cm³/mol. The quantitative estimate of drug-likeness (QED) is 0.639. The van der Waals surface area contributed by atoms with Crippen molar-refractivity contribution in [3.05, 3.63) is 53.4 Å². The highest BCUT2D eigenvalue weighted by Crippen LogP contribution is 2.43. The molecule has 2 aromatic heterocycles. The van der Waals surface area contributed by atoms with Crippen molar-refractivity contribution in [1.82, 2.24) is 19.7 Å². The zero-order chi connectivity index (χ0) is 22.9. The minimum atomic E-state index is -0.913. The number of ether oxygens (including phenoxy) is 2. The Bertz CT molecular complexity index is 1300. The lowest BCUT2D eigenvalue weighted by Gasteiger charge is -2.19. The summed E-state index contributed by atoms with van der Waals surface area (Å²) >= 11 is 0. The highest BCUT2D eigenvalue weighted by Gasteiger charge is 2.45. The largest absolute Gasteiger partial charge is 0.340 e. The number of carbonyl (C=O) groups is 1. The molecule has 0 radical (unpaired) electrons. The van der Waals surface area contributed by atoms with Gasteiger partial charge in [0.05, 0.1) is 12.1 Å². The van der Waals surface area contributed by atoms with Gasteiger partial charge in [-0.15, -0.1) is 0 Å². The molecule has 9 nitrogen and oxygen atoms in total. The van der Waals surface area contributed by atoms with Crippen LogP contribution < -0.4 is 5.32 Å². The van der Waals surface area contributed by atoms with Gasteiger partial charge in [0.2, 0.25) is 11.7 Å². The molecule has 4 atom stereocenters. The Balaban J connectivity index is 1.25. The summed E-state index contributed by atoms with van der Waals surface area (Å²) in [5.41, 5.74) is 2.51. The number of alkyl halides is 1. The van der Waals surface area contributed by atoms with Crippen LogP contribution in [0, 0.1) is 6.92 Å². The van der Waals surface area contributed by atoms with E-state index in [1.165, 1.54) is 6.20 Å². The molecular formula is C23H22FN5O4. The summed E-state index contributed by atoms with van der Waals surface area (Å²) in [6, 6.07) is 5.47. The minimum absolute atomic E-state index is 0.243. The average Bonchev–Trinajstić information content (AvgIpc) is 3.16. The van der Waals surface area contributed by atoms with Crippen LogP contribution in [0.3, 0.4) is 0 Å². The number of rotatable bonds is 4. The smallest absolute Gasteiger partial charge is 0.274 e. The fraction of sp³-hybridized carbons (Fsp3) is 0.391. The van der Waals surface area contributed by atoms with Crippen molar-refractivity contribution in [2.45, 2.75) is 57.3 Å². The summed E-state index contributed by atoms with van der Waals surface area (Å²) in [5.74, 6) is -0.0642. The number of fused-ring (bicyclic) bond motifs is 3. The number of aryl methyl sites for hydroxylation is 1. The van der Waals surface area contributed by atoms with Crippen LogP contribution in [0.25, 0.3) is 17.6 Å². The number of hydrogen-bond acceptors (Lipinski definition) is 7. The number of aromatic nitrogens is 4. The maximum atomic E-state index is 13.3. The molecule has 33 heavy (non-hydrogen) atoms. The first kappa shape index (κ1) is 20.3. The van der Waals surface area contributed by atoms with Crippen molar-refractivity contribution in [3.63, 3.8) is 0 Å². The summed E-state index contributed by atoms with van der Waals surface area (Å²) in [6.07, 6.45) is 4.06. The number of hydrogen-bond donors (Lipinski definition) is 1. The molecule has 0 unspecified atom stereocenters. The highest BCUT2D eigenvalue weighted by atomic mass is 19.1. The second kappa shape index (κ2) is 7.06. The van der Waals surface area contributed by atoms with E-state index >= 15 is 0 Å². The van der Waals surface area contributed by atoms with E-state index in [0.717, 1.165) is 5.56 Å². The number of imidazole rings is 1. The molecule has 2 fully saturated rings. The molecule has 1 aromatic carbocycles. The molecule has 1 saturated carbocycles. The Kier molecular flexibility index (Phi) is 4.33. The Morgan fingerprint density at radius 1 is 1.30 bits per heavy atom. The lowest BCUT2D eigenvalue weighted by atomic mass is 10.1. The molecule has 6 rings (SSSR count). The number of benzene rings is 1. The molecule has 10 heteroatoms. The van der Waals surface area contributed by atoms with E-state index in [1.54, 1.807) is 16.8 Å². The van der Waals surface area contributed by atoms with Crippen molar-refractivity contribution in [2.75, 3.05) is 5.32 Å². The minimum Gasteiger partial charge on any atom is -0.340 e. The second-order valence-corrected chi connectivity index (χ2v) is 9.03. The molecule has 1 N–H and O–H groups in total. The molecule has 170 valence electrons. The van der Waals surface area contributed by atoms with Crippen LogP contribution in [-0.2, 0) is 9.47 Å². The van der Waals surface area contributed by atoms with Gasteiger partial charge in [0.15, 0.2) is 5.79 Å². The third kappa shape index (κ3) is 3.46. The van der Waals surface area contributed by atoms with Crippen LogP contribution >= 0.6 is 0 Å². The van der Waals surface area contributed by atoms with Gasteiger partial charge in [0.1, 0.15) is 29.9 Å². The van der Waals surface area contributed by atoms with Gasteiger partial charge in [-0.1, -0.05) is 17.3 Å². The molecule has 3 aromatic rings. The lowest BCUT2D eigenvalue weighted by Crippen LogP contribution is -2.23. The summed E-state index contributed by atoms with van der Waals surface area (Å²) in [7, 11) is 0. The third-order valence-electron chi connectivity index (χ3n) is 6.08. The Labute approximate surface area is 188 Å². The highest BCUT2D eigenvalue weighted by molar-refractivity contribution is 6.04. The first-order chi connectivity index (χ1) is 15.8. The molecular weight excluding hydrogens is 429 g/mol. The number of nitrogens with one attached hydrogen (secondary N) is 1.